The number of fused-ring (bicyclic) bond motifs is 2. The molecule has 1 aliphatic heterocycles. The van der Waals surface area contributed by atoms with Gasteiger partial charge in [-0.25, -0.2) is 4.79 Å². The van der Waals surface area contributed by atoms with Crippen molar-refractivity contribution >= 4 is 22.7 Å². The van der Waals surface area contributed by atoms with Crippen LogP contribution in [0.15, 0.2) is 51.7 Å². The van der Waals surface area contributed by atoms with Crippen LogP contribution in [0, 0.1) is 10.1 Å². The van der Waals surface area contributed by atoms with Crippen LogP contribution in [0.5, 0.6) is 0 Å². The number of nitrogens with one attached hydrogen (secondary N) is 1. The Morgan fingerprint density at radius 2 is 2.04 bits per heavy atom. The first kappa shape index (κ1) is 17.9. The molecule has 144 valence electrons. The minimum Gasteiger partial charge on any atom is -0.408 e. The van der Waals surface area contributed by atoms with Gasteiger partial charge in [-0.05, 0) is 23.6 Å². The van der Waals surface area contributed by atoms with Crippen LogP contribution in [0.25, 0.3) is 11.1 Å². The van der Waals surface area contributed by atoms with Gasteiger partial charge < -0.3 is 9.73 Å². The van der Waals surface area contributed by atoms with Gasteiger partial charge in [-0.15, -0.1) is 0 Å². The standard InChI is InChI=1S/C19H18N4O5/c1-20-18(24)16-8-12-4-2-3-5-13(12)10-21(16)11-22-15-9-14(23(26)27)6-7-17(15)28-19(22)25/h2-7,9,16H,8,10-11H2,1H3,(H,20,24). The van der Waals surface area contributed by atoms with E-state index in [1.165, 1.54) is 22.8 Å². The monoisotopic (exact) mass is 382 g/mol. The quantitative estimate of drug-likeness (QED) is 0.542. The summed E-state index contributed by atoms with van der Waals surface area (Å²) in [4.78, 5) is 37.3. The largest absolute Gasteiger partial charge is 0.421 e. The number of amides is 1. The first-order valence-electron chi connectivity index (χ1n) is 8.78. The molecule has 9 nitrogen and oxygen atoms in total. The second-order valence-electron chi connectivity index (χ2n) is 6.70. The SMILES string of the molecule is CNC(=O)C1Cc2ccccc2CN1Cn1c(=O)oc2ccc([N+](=O)[O-])cc21. The van der Waals surface area contributed by atoms with Crippen molar-refractivity contribution in [1.82, 2.24) is 14.8 Å². The average molecular weight is 382 g/mol. The van der Waals surface area contributed by atoms with E-state index in [0.717, 1.165) is 11.1 Å². The van der Waals surface area contributed by atoms with Crippen molar-refractivity contribution in [1.29, 1.82) is 0 Å². The molecule has 0 saturated heterocycles. The van der Waals surface area contributed by atoms with Crippen LogP contribution in [-0.4, -0.2) is 33.4 Å². The molecule has 1 atom stereocenters. The van der Waals surface area contributed by atoms with E-state index in [1.54, 1.807) is 7.05 Å². The molecule has 4 rings (SSSR count). The maximum Gasteiger partial charge on any atom is 0.421 e. The lowest BCUT2D eigenvalue weighted by Crippen LogP contribution is -2.50. The Kier molecular flexibility index (Phi) is 4.44. The first-order chi connectivity index (χ1) is 13.5. The molecule has 2 heterocycles. The number of rotatable bonds is 4. The van der Waals surface area contributed by atoms with Gasteiger partial charge in [0.05, 0.1) is 23.2 Å². The molecule has 1 aliphatic rings. The minimum atomic E-state index is -0.620. The number of nitro benzene ring substituents is 1. The van der Waals surface area contributed by atoms with Gasteiger partial charge in [-0.1, -0.05) is 24.3 Å². The summed E-state index contributed by atoms with van der Waals surface area (Å²) in [6.07, 6.45) is 0.514. The fraction of sp³-hybridized carbons (Fsp3) is 0.263. The summed E-state index contributed by atoms with van der Waals surface area (Å²) >= 11 is 0. The van der Waals surface area contributed by atoms with E-state index >= 15 is 0 Å². The van der Waals surface area contributed by atoms with E-state index in [9.17, 15) is 19.7 Å². The number of nitrogens with zero attached hydrogens (tertiary/aromatic N) is 3. The number of hydrogen-bond donors (Lipinski definition) is 1. The summed E-state index contributed by atoms with van der Waals surface area (Å²) in [5, 5.41) is 13.8. The number of carbonyl (C=O) groups is 1. The van der Waals surface area contributed by atoms with Gasteiger partial charge in [-0.3, -0.25) is 24.4 Å². The van der Waals surface area contributed by atoms with Gasteiger partial charge in [-0.2, -0.15) is 0 Å². The number of hydrogen-bond acceptors (Lipinski definition) is 6. The molecule has 9 heteroatoms. The molecule has 0 radical (unpaired) electrons. The van der Waals surface area contributed by atoms with Crippen LogP contribution in [0.3, 0.4) is 0 Å². The van der Waals surface area contributed by atoms with Crippen molar-refractivity contribution in [2.75, 3.05) is 7.05 Å². The third-order valence-electron chi connectivity index (χ3n) is 5.08. The molecule has 0 bridgehead atoms. The van der Waals surface area contributed by atoms with Crippen LogP contribution in [-0.2, 0) is 24.4 Å². The van der Waals surface area contributed by atoms with Gasteiger partial charge in [0, 0.05) is 25.7 Å². The molecule has 0 saturated carbocycles. The maximum absolute atomic E-state index is 12.5. The zero-order valence-electron chi connectivity index (χ0n) is 15.1. The van der Waals surface area contributed by atoms with Crippen molar-refractivity contribution in [2.45, 2.75) is 25.7 Å². The first-order valence-corrected chi connectivity index (χ1v) is 8.78. The van der Waals surface area contributed by atoms with Crippen molar-refractivity contribution in [3.63, 3.8) is 0 Å². The van der Waals surface area contributed by atoms with Crippen LogP contribution in [0.2, 0.25) is 0 Å². The lowest BCUT2D eigenvalue weighted by molar-refractivity contribution is -0.384. The molecule has 1 unspecified atom stereocenters. The molecule has 0 aliphatic carbocycles. The summed E-state index contributed by atoms with van der Waals surface area (Å²) in [5.74, 6) is -0.772. The highest BCUT2D eigenvalue weighted by atomic mass is 16.6. The summed E-state index contributed by atoms with van der Waals surface area (Å²) in [6, 6.07) is 11.4. The van der Waals surface area contributed by atoms with E-state index in [1.807, 2.05) is 29.2 Å². The lowest BCUT2D eigenvalue weighted by atomic mass is 9.94. The Morgan fingerprint density at radius 1 is 1.29 bits per heavy atom. The summed E-state index contributed by atoms with van der Waals surface area (Å²) in [6.45, 7) is 0.557. The number of oxazole rings is 1. The molecule has 0 spiro atoms. The second-order valence-corrected chi connectivity index (χ2v) is 6.70. The fourth-order valence-electron chi connectivity index (χ4n) is 3.63. The predicted octanol–water partition coefficient (Wildman–Crippen LogP) is 1.63. The van der Waals surface area contributed by atoms with Crippen molar-refractivity contribution in [2.24, 2.45) is 0 Å². The zero-order chi connectivity index (χ0) is 19.8. The molecule has 28 heavy (non-hydrogen) atoms. The van der Waals surface area contributed by atoms with Gasteiger partial charge in [0.25, 0.3) is 5.69 Å². The smallest absolute Gasteiger partial charge is 0.408 e. The minimum absolute atomic E-state index is 0.0828. The number of likely N-dealkylation sites (N-methyl/N-ethyl adjacent to an activating group) is 1. The number of non-ortho nitro benzene ring substituents is 1. The van der Waals surface area contributed by atoms with E-state index < -0.39 is 16.7 Å². The fourth-order valence-corrected chi connectivity index (χ4v) is 3.63. The highest BCUT2D eigenvalue weighted by Gasteiger charge is 2.32. The molecule has 0 fully saturated rings. The Morgan fingerprint density at radius 3 is 2.75 bits per heavy atom. The molecule has 1 aromatic heterocycles. The van der Waals surface area contributed by atoms with E-state index in [2.05, 4.69) is 5.32 Å². The third-order valence-corrected chi connectivity index (χ3v) is 5.08. The summed E-state index contributed by atoms with van der Waals surface area (Å²) in [7, 11) is 1.57. The lowest BCUT2D eigenvalue weighted by Gasteiger charge is -2.35. The third kappa shape index (κ3) is 3.05. The molecule has 1 amide bonds. The summed E-state index contributed by atoms with van der Waals surface area (Å²) in [5.41, 5.74) is 2.63. The molecule has 2 aromatic carbocycles. The van der Waals surface area contributed by atoms with E-state index in [-0.39, 0.29) is 23.8 Å². The Bertz CT molecular complexity index is 1130. The number of aromatic nitrogens is 1. The Labute approximate surface area is 159 Å². The van der Waals surface area contributed by atoms with E-state index in [0.29, 0.717) is 18.5 Å². The van der Waals surface area contributed by atoms with Crippen LogP contribution < -0.4 is 11.1 Å². The van der Waals surface area contributed by atoms with Gasteiger partial charge in [0.1, 0.15) is 0 Å². The van der Waals surface area contributed by atoms with Crippen molar-refractivity contribution < 1.29 is 14.1 Å². The van der Waals surface area contributed by atoms with Crippen LogP contribution in [0.4, 0.5) is 5.69 Å². The van der Waals surface area contributed by atoms with E-state index in [4.69, 9.17) is 4.42 Å². The number of nitro groups is 1. The predicted molar refractivity (Wildman–Crippen MR) is 101 cm³/mol. The van der Waals surface area contributed by atoms with Gasteiger partial charge >= 0.3 is 5.76 Å². The maximum atomic E-state index is 12.5. The van der Waals surface area contributed by atoms with Crippen LogP contribution >= 0.6 is 0 Å². The molecular weight excluding hydrogens is 364 g/mol. The zero-order valence-corrected chi connectivity index (χ0v) is 15.1. The van der Waals surface area contributed by atoms with Gasteiger partial charge in [0.2, 0.25) is 5.91 Å². The van der Waals surface area contributed by atoms with Crippen molar-refractivity contribution in [3.8, 4) is 0 Å². The molecular formula is C19H18N4O5. The molecule has 1 N–H and O–H groups in total. The summed E-state index contributed by atoms with van der Waals surface area (Å²) < 4.78 is 6.55. The highest BCUT2D eigenvalue weighted by molar-refractivity contribution is 5.82. The molecule has 3 aromatic rings. The Balaban J connectivity index is 1.75. The van der Waals surface area contributed by atoms with Crippen molar-refractivity contribution in [3.05, 3.63) is 74.3 Å². The van der Waals surface area contributed by atoms with Gasteiger partial charge in [0.15, 0.2) is 5.58 Å². The normalized spacial score (nSPS) is 16.7. The number of benzene rings is 2. The highest BCUT2D eigenvalue weighted by Crippen LogP contribution is 2.26. The second kappa shape index (κ2) is 6.93. The topological polar surface area (TPSA) is 111 Å². The van der Waals surface area contributed by atoms with Crippen LogP contribution in [0.1, 0.15) is 11.1 Å². The average Bonchev–Trinajstić information content (AvgIpc) is 3.01. The Hall–Kier alpha value is -3.46. The number of carbonyl (C=O) groups excluding carboxylic acids is 1.